The predicted octanol–water partition coefficient (Wildman–Crippen LogP) is 2.89. The van der Waals surface area contributed by atoms with Crippen LogP contribution < -0.4 is 10.2 Å². The van der Waals surface area contributed by atoms with E-state index in [0.29, 0.717) is 19.0 Å². The average molecular weight is 496 g/mol. The van der Waals surface area contributed by atoms with E-state index in [2.05, 4.69) is 44.0 Å². The van der Waals surface area contributed by atoms with Gasteiger partial charge in [0, 0.05) is 61.6 Å². The van der Waals surface area contributed by atoms with Crippen LogP contribution in [0.5, 0.6) is 0 Å². The average Bonchev–Trinajstić information content (AvgIpc) is 3.56. The Morgan fingerprint density at radius 1 is 1.16 bits per heavy atom. The van der Waals surface area contributed by atoms with E-state index in [-0.39, 0.29) is 11.9 Å². The number of fused-ring (bicyclic) bond motifs is 2. The molecule has 1 saturated heterocycles. The molecule has 0 radical (unpaired) electrons. The zero-order valence-electron chi connectivity index (χ0n) is 21.1. The molecule has 0 spiro atoms. The first-order valence-electron chi connectivity index (χ1n) is 12.5. The minimum Gasteiger partial charge on any atom is -0.354 e. The van der Waals surface area contributed by atoms with E-state index in [1.165, 1.54) is 6.08 Å². The smallest absolute Gasteiger partial charge is 0.246 e. The maximum Gasteiger partial charge on any atom is 0.246 e. The van der Waals surface area contributed by atoms with Gasteiger partial charge in [0.1, 0.15) is 11.6 Å². The normalized spacial score (nSPS) is 17.2. The molecule has 10 nitrogen and oxygen atoms in total. The number of nitrogens with one attached hydrogen (secondary N) is 1. The second-order valence-electron chi connectivity index (χ2n) is 9.68. The van der Waals surface area contributed by atoms with Crippen molar-refractivity contribution in [2.24, 2.45) is 7.05 Å². The van der Waals surface area contributed by atoms with Crippen LogP contribution in [0.3, 0.4) is 0 Å². The number of amides is 1. The number of aromatic nitrogens is 6. The van der Waals surface area contributed by atoms with Crippen LogP contribution in [0.15, 0.2) is 49.4 Å². The van der Waals surface area contributed by atoms with Crippen molar-refractivity contribution in [3.63, 3.8) is 0 Å². The third kappa shape index (κ3) is 4.50. The van der Waals surface area contributed by atoms with Crippen LogP contribution >= 0.6 is 0 Å². The fourth-order valence-corrected chi connectivity index (χ4v) is 5.21. The second kappa shape index (κ2) is 9.27. The Labute approximate surface area is 215 Å². The quantitative estimate of drug-likeness (QED) is 0.422. The summed E-state index contributed by atoms with van der Waals surface area (Å²) in [6.07, 6.45) is 8.78. The van der Waals surface area contributed by atoms with E-state index >= 15 is 0 Å². The summed E-state index contributed by atoms with van der Waals surface area (Å²) in [6.45, 7) is 8.36. The van der Waals surface area contributed by atoms with Crippen molar-refractivity contribution in [2.45, 2.75) is 32.4 Å². The molecule has 2 aliphatic rings. The molecule has 5 heterocycles. The lowest BCUT2D eigenvalue weighted by atomic mass is 10.0. The van der Waals surface area contributed by atoms with Crippen LogP contribution in [0, 0.1) is 6.92 Å². The Kier molecular flexibility index (Phi) is 5.78. The van der Waals surface area contributed by atoms with Crippen molar-refractivity contribution in [1.29, 1.82) is 0 Å². The van der Waals surface area contributed by atoms with Crippen molar-refractivity contribution in [1.82, 2.24) is 34.6 Å². The lowest BCUT2D eigenvalue weighted by Gasteiger charge is -2.30. The van der Waals surface area contributed by atoms with Gasteiger partial charge in [0.15, 0.2) is 0 Å². The van der Waals surface area contributed by atoms with Gasteiger partial charge in [-0.1, -0.05) is 18.7 Å². The summed E-state index contributed by atoms with van der Waals surface area (Å²) in [7, 11) is 1.91. The minimum absolute atomic E-state index is 0.0585. The first kappa shape index (κ1) is 23.1. The molecule has 10 heteroatoms. The number of carbonyl (C=O) groups excluding carboxylic acids is 1. The van der Waals surface area contributed by atoms with Gasteiger partial charge in [0.05, 0.1) is 24.0 Å². The summed E-state index contributed by atoms with van der Waals surface area (Å²) >= 11 is 0. The molecule has 188 valence electrons. The molecule has 0 unspecified atom stereocenters. The van der Waals surface area contributed by atoms with E-state index in [4.69, 9.17) is 9.97 Å². The molecule has 1 N–H and O–H groups in total. The molecule has 2 aliphatic heterocycles. The Bertz CT molecular complexity index is 1510. The molecule has 1 aromatic carbocycles. The molecule has 0 aliphatic carbocycles. The number of hydrogen-bond acceptors (Lipinski definition) is 8. The largest absolute Gasteiger partial charge is 0.354 e. The highest BCUT2D eigenvalue weighted by molar-refractivity contribution is 5.87. The summed E-state index contributed by atoms with van der Waals surface area (Å²) in [5.41, 5.74) is 5.11. The number of rotatable bonds is 5. The van der Waals surface area contributed by atoms with E-state index < -0.39 is 0 Å². The predicted molar refractivity (Wildman–Crippen MR) is 142 cm³/mol. The number of carbonyl (C=O) groups is 1. The third-order valence-electron chi connectivity index (χ3n) is 7.08. The van der Waals surface area contributed by atoms with E-state index in [9.17, 15) is 4.79 Å². The topological polar surface area (TPSA) is 105 Å². The molecule has 1 fully saturated rings. The lowest BCUT2D eigenvalue weighted by molar-refractivity contribution is -0.126. The van der Waals surface area contributed by atoms with Crippen LogP contribution in [0.25, 0.3) is 22.0 Å². The lowest BCUT2D eigenvalue weighted by Crippen LogP contribution is -2.37. The van der Waals surface area contributed by atoms with Crippen molar-refractivity contribution in [3.8, 4) is 11.1 Å². The summed E-state index contributed by atoms with van der Waals surface area (Å²) in [4.78, 5) is 35.1. The van der Waals surface area contributed by atoms with Crippen LogP contribution in [0.2, 0.25) is 0 Å². The van der Waals surface area contributed by atoms with Crippen molar-refractivity contribution in [2.75, 3.05) is 29.9 Å². The van der Waals surface area contributed by atoms with Gasteiger partial charge in [-0.3, -0.25) is 9.48 Å². The zero-order chi connectivity index (χ0) is 25.5. The van der Waals surface area contributed by atoms with Crippen molar-refractivity contribution in [3.05, 3.63) is 66.5 Å². The van der Waals surface area contributed by atoms with Gasteiger partial charge in [0.25, 0.3) is 0 Å². The molecule has 4 aromatic rings. The highest BCUT2D eigenvalue weighted by Gasteiger charge is 2.30. The molecule has 37 heavy (non-hydrogen) atoms. The number of anilines is 2. The minimum atomic E-state index is -0.0585. The van der Waals surface area contributed by atoms with E-state index in [0.717, 1.165) is 70.9 Å². The maximum absolute atomic E-state index is 12.1. The summed E-state index contributed by atoms with van der Waals surface area (Å²) in [6, 6.07) is 6.40. The number of benzene rings is 1. The zero-order valence-corrected chi connectivity index (χ0v) is 21.1. The monoisotopic (exact) mass is 495 g/mol. The first-order valence-corrected chi connectivity index (χ1v) is 12.5. The molecule has 1 amide bonds. The Balaban J connectivity index is 1.19. The number of aryl methyl sites for hydroxylation is 2. The summed E-state index contributed by atoms with van der Waals surface area (Å²) in [5.74, 6) is 2.28. The van der Waals surface area contributed by atoms with Crippen LogP contribution in [0.1, 0.15) is 23.5 Å². The van der Waals surface area contributed by atoms with Gasteiger partial charge >= 0.3 is 0 Å². The summed E-state index contributed by atoms with van der Waals surface area (Å²) in [5, 5.41) is 8.81. The van der Waals surface area contributed by atoms with Gasteiger partial charge in [-0.25, -0.2) is 19.9 Å². The van der Waals surface area contributed by atoms with Gasteiger partial charge < -0.3 is 15.1 Å². The van der Waals surface area contributed by atoms with Gasteiger partial charge in [-0.15, -0.1) is 0 Å². The maximum atomic E-state index is 12.1. The second-order valence-corrected chi connectivity index (χ2v) is 9.68. The first-order chi connectivity index (χ1) is 18.0. The van der Waals surface area contributed by atoms with Crippen LogP contribution in [-0.2, 0) is 24.8 Å². The van der Waals surface area contributed by atoms with Gasteiger partial charge in [0.2, 0.25) is 11.9 Å². The Morgan fingerprint density at radius 3 is 2.86 bits per heavy atom. The van der Waals surface area contributed by atoms with Crippen LogP contribution in [0.4, 0.5) is 11.8 Å². The van der Waals surface area contributed by atoms with Crippen molar-refractivity contribution < 1.29 is 4.79 Å². The fourth-order valence-electron chi connectivity index (χ4n) is 5.21. The molecule has 0 saturated carbocycles. The molecular formula is C27H29N9O. The molecule has 1 atom stereocenters. The number of nitrogens with zero attached hydrogens (tertiary/aromatic N) is 8. The standard InChI is InChI=1S/C27H29N9O/c1-4-25(37)35-10-8-22-24(16-35)30-17(2)31-26(22)36-9-7-21(15-36)32-27-28-12-19-6-5-18(11-23(19)33-27)20-13-29-34(3)14-20/h4-6,11-14,21H,1,7-10,15-16H2,2-3H3,(H,28,32,33)/t21-/m1/s1. The Hall–Kier alpha value is -4.34. The van der Waals surface area contributed by atoms with E-state index in [1.807, 2.05) is 38.6 Å². The summed E-state index contributed by atoms with van der Waals surface area (Å²) < 4.78 is 1.80. The van der Waals surface area contributed by atoms with Crippen LogP contribution in [-0.4, -0.2) is 66.2 Å². The van der Waals surface area contributed by atoms with Gasteiger partial charge in [-0.05, 0) is 37.5 Å². The molecule has 3 aromatic heterocycles. The van der Waals surface area contributed by atoms with Crippen molar-refractivity contribution >= 4 is 28.6 Å². The van der Waals surface area contributed by atoms with Gasteiger partial charge in [-0.2, -0.15) is 5.10 Å². The SMILES string of the molecule is C=CC(=O)N1CCc2c(nc(C)nc2N2CC[C@@H](Nc3ncc4ccc(-c5cnn(C)c5)cc4n3)C2)C1. The highest BCUT2D eigenvalue weighted by atomic mass is 16.2. The molecular weight excluding hydrogens is 466 g/mol. The molecule has 0 bridgehead atoms. The van der Waals surface area contributed by atoms with E-state index in [1.54, 1.807) is 9.58 Å². The Morgan fingerprint density at radius 2 is 2.05 bits per heavy atom. The number of hydrogen-bond donors (Lipinski definition) is 1. The highest BCUT2D eigenvalue weighted by Crippen LogP contribution is 2.30. The fraction of sp³-hybridized carbons (Fsp3) is 0.333. The molecule has 6 rings (SSSR count). The third-order valence-corrected chi connectivity index (χ3v) is 7.08.